The van der Waals surface area contributed by atoms with Crippen molar-refractivity contribution in [2.24, 2.45) is 5.92 Å². The number of alkyl carbamates (subject to hydrolysis) is 2. The Balaban J connectivity index is 1.39. The minimum Gasteiger partial charge on any atom is -0.467 e. The predicted octanol–water partition coefficient (Wildman–Crippen LogP) is 5.07. The Morgan fingerprint density at radius 3 is 2.06 bits per heavy atom. The Labute approximate surface area is 424 Å². The zero-order chi connectivity index (χ0) is 53.0. The summed E-state index contributed by atoms with van der Waals surface area (Å²) in [4.78, 5) is 101. The van der Waals surface area contributed by atoms with Crippen LogP contribution >= 0.6 is 0 Å². The third kappa shape index (κ3) is 16.6. The number of unbranched alkanes of at least 4 members (excludes halogenated alkanes) is 1. The number of anilines is 1. The lowest BCUT2D eigenvalue weighted by molar-refractivity contribution is -0.153. The predicted molar refractivity (Wildman–Crippen MR) is 270 cm³/mol. The molecule has 5 N–H and O–H groups in total. The van der Waals surface area contributed by atoms with E-state index in [1.54, 1.807) is 58.6 Å². The van der Waals surface area contributed by atoms with E-state index in [0.29, 0.717) is 38.2 Å². The van der Waals surface area contributed by atoms with Crippen molar-refractivity contribution < 1.29 is 57.2 Å². The Bertz CT molecular complexity index is 2200. The molecule has 398 valence electrons. The molecule has 2 fully saturated rings. The monoisotopic (exact) mass is 1010 g/mol. The number of fused-ring (bicyclic) bond motifs is 1. The zero-order valence-corrected chi connectivity index (χ0v) is 44.1. The molecule has 3 aliphatic heterocycles. The lowest BCUT2D eigenvalue weighted by Gasteiger charge is -2.41. The molecule has 0 unspecified atom stereocenters. The summed E-state index contributed by atoms with van der Waals surface area (Å²) in [5.74, 6) is -3.52. The number of nitrogens with one attached hydrogen (secondary N) is 5. The SMILES string of the molecule is COC(=O)C1(NC(=O)OC(C)(C)C)CCN(C(=O)[C@@H](CCCCNC[C@@H]2COC(C)(C)O2)NC(=O)[C@@H](CC(C)C)NC(=O)[C@@H](Cc2ccccc2)N2C(=O)[C@H](NC(=O)OC(C)(C)C)Cc3ccccc32)CC1. The van der Waals surface area contributed by atoms with E-state index < -0.39 is 82.6 Å². The number of esters is 1. The van der Waals surface area contributed by atoms with Crippen LogP contribution in [0.3, 0.4) is 0 Å². The molecule has 19 nitrogen and oxygen atoms in total. The minimum absolute atomic E-state index is 0.0281. The molecule has 6 amide bonds. The van der Waals surface area contributed by atoms with E-state index in [9.17, 15) is 28.8 Å². The van der Waals surface area contributed by atoms with E-state index in [-0.39, 0.29) is 69.5 Å². The van der Waals surface area contributed by atoms with Crippen molar-refractivity contribution in [2.75, 3.05) is 44.8 Å². The van der Waals surface area contributed by atoms with Gasteiger partial charge in [-0.2, -0.15) is 0 Å². The number of likely N-dealkylation sites (tertiary alicyclic amines) is 1. The van der Waals surface area contributed by atoms with Crippen LogP contribution in [0.5, 0.6) is 0 Å². The molecule has 19 heteroatoms. The molecule has 2 aromatic carbocycles. The quantitative estimate of drug-likeness (QED) is 0.0664. The Hall–Kier alpha value is -5.79. The summed E-state index contributed by atoms with van der Waals surface area (Å²) in [6.45, 7) is 19.6. The summed E-state index contributed by atoms with van der Waals surface area (Å²) < 4.78 is 27.7. The van der Waals surface area contributed by atoms with Crippen LogP contribution in [0.15, 0.2) is 54.6 Å². The maximum Gasteiger partial charge on any atom is 0.408 e. The first-order valence-electron chi connectivity index (χ1n) is 25.2. The van der Waals surface area contributed by atoms with Gasteiger partial charge in [0.15, 0.2) is 5.79 Å². The summed E-state index contributed by atoms with van der Waals surface area (Å²) in [6, 6.07) is 12.0. The number of benzene rings is 2. The van der Waals surface area contributed by atoms with Gasteiger partial charge in [0.2, 0.25) is 17.7 Å². The molecular formula is C53H79N7O12. The van der Waals surface area contributed by atoms with Gasteiger partial charge in [0, 0.05) is 38.2 Å². The number of amides is 6. The van der Waals surface area contributed by atoms with Crippen molar-refractivity contribution in [1.29, 1.82) is 0 Å². The normalized spacial score (nSPS) is 19.8. The fourth-order valence-electron chi connectivity index (χ4n) is 9.16. The highest BCUT2D eigenvalue weighted by Crippen LogP contribution is 2.32. The number of para-hydroxylation sites is 1. The van der Waals surface area contributed by atoms with E-state index >= 15 is 4.79 Å². The molecule has 5 atom stereocenters. The Morgan fingerprint density at radius 2 is 1.44 bits per heavy atom. The lowest BCUT2D eigenvalue weighted by atomic mass is 9.87. The fraction of sp³-hybridized carbons (Fsp3) is 0.642. The average Bonchev–Trinajstić information content (AvgIpc) is 3.65. The number of nitrogens with zero attached hydrogens (tertiary/aromatic N) is 2. The summed E-state index contributed by atoms with van der Waals surface area (Å²) >= 11 is 0. The van der Waals surface area contributed by atoms with Crippen LogP contribution in [0.1, 0.15) is 119 Å². The van der Waals surface area contributed by atoms with Gasteiger partial charge in [0.05, 0.1) is 19.8 Å². The van der Waals surface area contributed by atoms with Crippen LogP contribution in [0.25, 0.3) is 0 Å². The molecule has 0 saturated carbocycles. The molecule has 0 aliphatic carbocycles. The number of hydrogen-bond acceptors (Lipinski definition) is 13. The third-order valence-corrected chi connectivity index (χ3v) is 12.5. The van der Waals surface area contributed by atoms with Crippen molar-refractivity contribution in [3.8, 4) is 0 Å². The van der Waals surface area contributed by atoms with Crippen LogP contribution in [0, 0.1) is 5.92 Å². The van der Waals surface area contributed by atoms with Crippen LogP contribution in [0.4, 0.5) is 15.3 Å². The van der Waals surface area contributed by atoms with Crippen molar-refractivity contribution in [3.05, 3.63) is 65.7 Å². The number of rotatable bonds is 20. The molecular weight excluding hydrogens is 927 g/mol. The molecule has 5 rings (SSSR count). The first-order chi connectivity index (χ1) is 33.8. The van der Waals surface area contributed by atoms with E-state index in [2.05, 4.69) is 26.6 Å². The van der Waals surface area contributed by atoms with Crippen LogP contribution in [0.2, 0.25) is 0 Å². The van der Waals surface area contributed by atoms with E-state index in [1.165, 1.54) is 12.0 Å². The van der Waals surface area contributed by atoms with E-state index in [4.69, 9.17) is 23.7 Å². The molecule has 0 bridgehead atoms. The second-order valence-corrected chi connectivity index (χ2v) is 21.9. The number of ether oxygens (including phenoxy) is 5. The summed E-state index contributed by atoms with van der Waals surface area (Å²) in [7, 11) is 1.23. The molecule has 3 aliphatic rings. The number of piperidine rings is 1. The molecule has 3 heterocycles. The van der Waals surface area contributed by atoms with Crippen molar-refractivity contribution in [3.63, 3.8) is 0 Å². The molecule has 0 spiro atoms. The van der Waals surface area contributed by atoms with Gasteiger partial charge in [0.1, 0.15) is 40.9 Å². The minimum atomic E-state index is -1.45. The van der Waals surface area contributed by atoms with Gasteiger partial charge in [-0.1, -0.05) is 62.4 Å². The molecule has 2 saturated heterocycles. The van der Waals surface area contributed by atoms with Gasteiger partial charge in [-0.25, -0.2) is 14.4 Å². The van der Waals surface area contributed by atoms with Crippen LogP contribution < -0.4 is 31.5 Å². The first kappa shape index (κ1) is 57.1. The standard InChI is InChI=1S/C53H79N7O12/c1-34(2)29-39(56-44(62)42(30-35-19-13-12-14-20-35)60-41-23-16-15-21-36(41)31-40(46(60)64)57-48(66)71-50(3,4)5)43(61)55-38(22-17-18-26-54-32-37-33-69-52(9,10)70-37)45(63)59-27-24-53(25-28-59,47(65)68-11)58-49(67)72-51(6,7)8/h12-16,19-21,23,34,37-40,42,54H,17-18,22,24-33H2,1-11H3,(H,55,61)(H,56,62)(H,57,66)(H,58,67)/t37-,38-,39-,40-,42-/m1/s1. The molecule has 0 aromatic heterocycles. The van der Waals surface area contributed by atoms with Gasteiger partial charge >= 0.3 is 18.2 Å². The van der Waals surface area contributed by atoms with Gasteiger partial charge < -0.3 is 55.2 Å². The highest BCUT2D eigenvalue weighted by molar-refractivity contribution is 6.07. The average molecular weight is 1010 g/mol. The first-order valence-corrected chi connectivity index (χ1v) is 25.2. The third-order valence-electron chi connectivity index (χ3n) is 12.5. The number of carbonyl (C=O) groups is 7. The summed E-state index contributed by atoms with van der Waals surface area (Å²) in [6.07, 6.45) is 0.251. The fourth-order valence-corrected chi connectivity index (χ4v) is 9.16. The number of methoxy groups -OCH3 is 1. The van der Waals surface area contributed by atoms with Gasteiger partial charge in [0.25, 0.3) is 5.91 Å². The lowest BCUT2D eigenvalue weighted by Crippen LogP contribution is -2.63. The van der Waals surface area contributed by atoms with Crippen molar-refractivity contribution in [2.45, 2.75) is 173 Å². The van der Waals surface area contributed by atoms with E-state index in [1.807, 2.05) is 70.2 Å². The van der Waals surface area contributed by atoms with Crippen LogP contribution in [-0.2, 0) is 60.5 Å². The van der Waals surface area contributed by atoms with Gasteiger partial charge in [-0.3, -0.25) is 24.1 Å². The Morgan fingerprint density at radius 1 is 0.819 bits per heavy atom. The maximum atomic E-state index is 15.0. The second kappa shape index (κ2) is 24.8. The Kier molecular flexibility index (Phi) is 19.6. The summed E-state index contributed by atoms with van der Waals surface area (Å²) in [5, 5.41) is 14.8. The van der Waals surface area contributed by atoms with Gasteiger partial charge in [-0.05, 0) is 124 Å². The number of carbonyl (C=O) groups excluding carboxylic acids is 7. The highest BCUT2D eigenvalue weighted by atomic mass is 16.7. The van der Waals surface area contributed by atoms with Crippen molar-refractivity contribution in [1.82, 2.24) is 31.5 Å². The summed E-state index contributed by atoms with van der Waals surface area (Å²) in [5.41, 5.74) is -1.13. The highest BCUT2D eigenvalue weighted by Gasteiger charge is 2.47. The van der Waals surface area contributed by atoms with Crippen LogP contribution in [-0.4, -0.2) is 139 Å². The second-order valence-electron chi connectivity index (χ2n) is 21.9. The molecule has 2 aromatic rings. The zero-order valence-electron chi connectivity index (χ0n) is 44.1. The largest absolute Gasteiger partial charge is 0.467 e. The van der Waals surface area contributed by atoms with Crippen molar-refractivity contribution >= 4 is 47.5 Å². The topological polar surface area (TPSA) is 232 Å². The van der Waals surface area contributed by atoms with Gasteiger partial charge in [-0.15, -0.1) is 0 Å². The maximum absolute atomic E-state index is 15.0. The van der Waals surface area contributed by atoms with E-state index in [0.717, 1.165) is 11.1 Å². The molecule has 72 heavy (non-hydrogen) atoms. The smallest absolute Gasteiger partial charge is 0.408 e. The molecule has 0 radical (unpaired) electrons. The number of hydrogen-bond donors (Lipinski definition) is 5.